The van der Waals surface area contributed by atoms with Crippen molar-refractivity contribution < 1.29 is 21.6 Å². The van der Waals surface area contributed by atoms with E-state index >= 15 is 0 Å². The molecule has 3 aromatic rings. The molecule has 4 heterocycles. The summed E-state index contributed by atoms with van der Waals surface area (Å²) in [6.07, 6.45) is 8.60. The fraction of sp³-hybridized carbons (Fsp3) is 0.517. The molecular formula is C29H36F3N9O2S2. The highest BCUT2D eigenvalue weighted by Gasteiger charge is 2.39. The molecule has 242 valence electrons. The number of aromatic nitrogens is 5. The van der Waals surface area contributed by atoms with E-state index in [1.807, 2.05) is 0 Å². The number of nitrogens with two attached hydrogens (primary N) is 1. The molecule has 2 aliphatic carbocycles. The Kier molecular flexibility index (Phi) is 8.52. The van der Waals surface area contributed by atoms with Crippen LogP contribution in [0.25, 0.3) is 17.0 Å². The topological polar surface area (TPSA) is 144 Å². The van der Waals surface area contributed by atoms with Gasteiger partial charge in [0.2, 0.25) is 0 Å². The van der Waals surface area contributed by atoms with Gasteiger partial charge in [0.15, 0.2) is 16.5 Å². The van der Waals surface area contributed by atoms with Gasteiger partial charge in [-0.3, -0.25) is 0 Å². The Morgan fingerprint density at radius 2 is 1.89 bits per heavy atom. The Morgan fingerprint density at radius 1 is 1.16 bits per heavy atom. The van der Waals surface area contributed by atoms with Crippen LogP contribution >= 0.6 is 11.3 Å². The lowest BCUT2D eigenvalue weighted by molar-refractivity contribution is -0.137. The number of nitrogens with one attached hydrogen (secondary N) is 2. The molecular weight excluding hydrogens is 628 g/mol. The van der Waals surface area contributed by atoms with Crippen LogP contribution in [0.3, 0.4) is 0 Å². The highest BCUT2D eigenvalue weighted by atomic mass is 32.2. The van der Waals surface area contributed by atoms with E-state index in [1.54, 1.807) is 18.3 Å². The third kappa shape index (κ3) is 6.93. The van der Waals surface area contributed by atoms with Gasteiger partial charge >= 0.3 is 6.18 Å². The number of hydrogen-bond acceptors (Lipinski definition) is 11. The molecule has 11 nitrogen and oxygen atoms in total. The molecule has 0 spiro atoms. The monoisotopic (exact) mass is 663 g/mol. The first-order valence-corrected chi connectivity index (χ1v) is 17.2. The highest BCUT2D eigenvalue weighted by molar-refractivity contribution is 7.90. The van der Waals surface area contributed by atoms with E-state index in [0.717, 1.165) is 36.3 Å². The van der Waals surface area contributed by atoms with E-state index < -0.39 is 32.1 Å². The first-order valence-electron chi connectivity index (χ1n) is 14.9. The third-order valence-electron chi connectivity index (χ3n) is 8.42. The van der Waals surface area contributed by atoms with Crippen molar-refractivity contribution in [1.29, 1.82) is 0 Å². The fourth-order valence-corrected chi connectivity index (χ4v) is 8.01. The summed E-state index contributed by atoms with van der Waals surface area (Å²) in [7, 11) is 0.609. The summed E-state index contributed by atoms with van der Waals surface area (Å²) < 4.78 is 66.4. The minimum Gasteiger partial charge on any atom is -0.384 e. The van der Waals surface area contributed by atoms with Gasteiger partial charge in [0.05, 0.1) is 34.6 Å². The van der Waals surface area contributed by atoms with E-state index in [9.17, 15) is 21.6 Å². The average molecular weight is 664 g/mol. The van der Waals surface area contributed by atoms with Crippen LogP contribution in [-0.4, -0.2) is 69.9 Å². The zero-order valence-electron chi connectivity index (χ0n) is 25.0. The molecule has 3 aromatic heterocycles. The molecule has 0 bridgehead atoms. The number of alkyl halides is 3. The van der Waals surface area contributed by atoms with Crippen LogP contribution in [-0.2, 0) is 21.9 Å². The van der Waals surface area contributed by atoms with Crippen molar-refractivity contribution in [1.82, 2.24) is 39.7 Å². The molecule has 2 fully saturated rings. The summed E-state index contributed by atoms with van der Waals surface area (Å²) >= 11 is 0.542. The van der Waals surface area contributed by atoms with Gasteiger partial charge in [0.1, 0.15) is 0 Å². The van der Waals surface area contributed by atoms with Gasteiger partial charge in [-0.25, -0.2) is 23.4 Å². The smallest absolute Gasteiger partial charge is 0.384 e. The highest BCUT2D eigenvalue weighted by Crippen LogP contribution is 2.37. The maximum absolute atomic E-state index is 13.4. The Morgan fingerprint density at radius 3 is 2.56 bits per heavy atom. The molecule has 3 aliphatic rings. The van der Waals surface area contributed by atoms with Gasteiger partial charge in [-0.1, -0.05) is 0 Å². The van der Waals surface area contributed by atoms with E-state index in [2.05, 4.69) is 49.7 Å². The van der Waals surface area contributed by atoms with Crippen LogP contribution in [0.4, 0.5) is 13.2 Å². The van der Waals surface area contributed by atoms with Crippen LogP contribution in [0.15, 0.2) is 48.0 Å². The van der Waals surface area contributed by atoms with Gasteiger partial charge in [0.25, 0.3) is 10.0 Å². The van der Waals surface area contributed by atoms with E-state index in [4.69, 9.17) is 5.73 Å². The Balaban J connectivity index is 1.26. The van der Waals surface area contributed by atoms with Gasteiger partial charge in [-0.05, 0) is 76.6 Å². The summed E-state index contributed by atoms with van der Waals surface area (Å²) in [5, 5.41) is 10.6. The molecule has 0 amide bonds. The molecule has 0 saturated heterocycles. The first kappa shape index (κ1) is 31.6. The summed E-state index contributed by atoms with van der Waals surface area (Å²) in [6.45, 7) is 1.69. The number of hydrogen-bond donors (Lipinski definition) is 3. The van der Waals surface area contributed by atoms with Crippen molar-refractivity contribution >= 4 is 26.9 Å². The molecule has 0 radical (unpaired) electrons. The number of dihydropyridines is 1. The maximum Gasteiger partial charge on any atom is 0.443 e. The second-order valence-corrected chi connectivity index (χ2v) is 15.2. The molecule has 1 atom stereocenters. The molecule has 4 N–H and O–H groups in total. The normalized spacial score (nSPS) is 24.2. The minimum atomic E-state index is -4.55. The van der Waals surface area contributed by atoms with E-state index in [-0.39, 0.29) is 11.5 Å². The van der Waals surface area contributed by atoms with E-state index in [1.165, 1.54) is 24.0 Å². The molecule has 1 unspecified atom stereocenters. The second kappa shape index (κ2) is 12.1. The molecule has 1 aliphatic heterocycles. The minimum absolute atomic E-state index is 0.183. The maximum atomic E-state index is 13.4. The SMILES string of the molecule is CN(C)CC1CCC(CNC2=CC(N)(c3ccnc(-c4cnn(S(=O)(=O)C5CC5)c4)n3)NC=C2c2csc(C(F)(F)F)n2)CC1. The molecule has 16 heteroatoms. The number of halogens is 3. The Hall–Kier alpha value is -3.34. The quantitative estimate of drug-likeness (QED) is 0.294. The first-order chi connectivity index (χ1) is 21.3. The van der Waals surface area contributed by atoms with Gasteiger partial charge in [-0.15, -0.1) is 11.3 Å². The van der Waals surface area contributed by atoms with Crippen LogP contribution < -0.4 is 16.4 Å². The predicted molar refractivity (Wildman–Crippen MR) is 165 cm³/mol. The van der Waals surface area contributed by atoms with Crippen molar-refractivity contribution in [3.8, 4) is 11.4 Å². The predicted octanol–water partition coefficient (Wildman–Crippen LogP) is 3.75. The average Bonchev–Trinajstić information content (AvgIpc) is 3.52. The summed E-state index contributed by atoms with van der Waals surface area (Å²) in [6, 6.07) is 1.63. The van der Waals surface area contributed by atoms with Gasteiger partial charge in [-0.2, -0.15) is 22.4 Å². The third-order valence-corrected chi connectivity index (χ3v) is 11.3. The lowest BCUT2D eigenvalue weighted by atomic mass is 9.81. The summed E-state index contributed by atoms with van der Waals surface area (Å²) in [5.74, 6) is 1.30. The van der Waals surface area contributed by atoms with Gasteiger partial charge in [0, 0.05) is 42.1 Å². The Bertz CT molecular complexity index is 1700. The van der Waals surface area contributed by atoms with Crippen LogP contribution in [0.1, 0.15) is 54.9 Å². The van der Waals surface area contributed by atoms with Crippen molar-refractivity contribution in [2.24, 2.45) is 17.6 Å². The number of thiazole rings is 1. The van der Waals surface area contributed by atoms with Gasteiger partial charge < -0.3 is 21.3 Å². The second-order valence-electron chi connectivity index (χ2n) is 12.3. The fourth-order valence-electron chi connectivity index (χ4n) is 5.85. The van der Waals surface area contributed by atoms with Crippen molar-refractivity contribution in [3.05, 3.63) is 64.4 Å². The summed E-state index contributed by atoms with van der Waals surface area (Å²) in [5.41, 5.74) is 7.47. The zero-order chi connectivity index (χ0) is 32.0. The van der Waals surface area contributed by atoms with Crippen molar-refractivity contribution in [3.63, 3.8) is 0 Å². The molecule has 2 saturated carbocycles. The number of allylic oxidation sites excluding steroid dienone is 1. The zero-order valence-corrected chi connectivity index (χ0v) is 26.6. The number of rotatable bonds is 10. The molecule has 45 heavy (non-hydrogen) atoms. The summed E-state index contributed by atoms with van der Waals surface area (Å²) in [4.78, 5) is 15.0. The molecule has 0 aromatic carbocycles. The Labute approximate surface area is 263 Å². The van der Waals surface area contributed by atoms with Crippen LogP contribution in [0, 0.1) is 11.8 Å². The lowest BCUT2D eigenvalue weighted by Gasteiger charge is -2.34. The van der Waals surface area contributed by atoms with Crippen LogP contribution in [0.2, 0.25) is 0 Å². The van der Waals surface area contributed by atoms with E-state index in [0.29, 0.717) is 65.1 Å². The molecule has 6 rings (SSSR count). The van der Waals surface area contributed by atoms with Crippen LogP contribution in [0.5, 0.6) is 0 Å². The van der Waals surface area contributed by atoms with Crippen molar-refractivity contribution in [2.45, 2.75) is 55.6 Å². The standard InChI is InChI=1S/C29H36F3N9O2S2/c1-40(2)15-19-5-3-18(4-6-19)12-35-23-11-28(33,36-14-22(23)24-17-44-27(38-24)29(30,31)32)25-9-10-34-26(39-25)20-13-37-41(16-20)45(42,43)21-7-8-21/h9-11,13-14,16-19,21,35-36H,3-8,12,15,33H2,1-2H3. The largest absolute Gasteiger partial charge is 0.443 e. The number of nitrogens with zero attached hydrogens (tertiary/aromatic N) is 6. The lowest BCUT2D eigenvalue weighted by Crippen LogP contribution is -2.50. The van der Waals surface area contributed by atoms with Crippen molar-refractivity contribution in [2.75, 3.05) is 27.2 Å².